The number of allylic oxidation sites excluding steroid dienone is 4. The van der Waals surface area contributed by atoms with Gasteiger partial charge in [0, 0.05) is 66.2 Å². The molecule has 0 aliphatic carbocycles. The number of unbranched alkanes of at least 4 members (excludes halogenated alkanes) is 26. The third-order valence-electron chi connectivity index (χ3n) is 19.1. The molecule has 0 spiro atoms. The van der Waals surface area contributed by atoms with E-state index in [4.69, 9.17) is 65.0 Å². The SMILES string of the molecule is C=CCOP(=O)(OCCNC(=O)CCC(=O)NCCOP(=O)(OCC=C)OCC(COCC[C@@H](CCCCCCC)OCOC)NC(=O)C[C@@H](CCCCCCC)OC(=O)CCCC=CCCCCCC)OCC(COCC[C@@H](CCCCCCC)OCOC)NC(=O)C[C@@H](CCCCCCC)OC(=O)CCCC=CCCCCCC. The second-order valence-corrected chi connectivity index (χ2v) is 33.4. The van der Waals surface area contributed by atoms with Crippen LogP contribution in [-0.2, 0) is 103 Å². The molecule has 4 amide bonds. The van der Waals surface area contributed by atoms with Gasteiger partial charge in [-0.1, -0.05) is 232 Å². The molecule has 0 fully saturated rings. The van der Waals surface area contributed by atoms with Crippen molar-refractivity contribution in [3.63, 3.8) is 0 Å². The molecule has 0 aliphatic heterocycles. The first kappa shape index (κ1) is 112. The number of hydrogen-bond acceptors (Lipinski definition) is 22. The summed E-state index contributed by atoms with van der Waals surface area (Å²) in [4.78, 5) is 80.7. The van der Waals surface area contributed by atoms with Crippen molar-refractivity contribution in [2.45, 2.75) is 373 Å². The molecule has 0 saturated heterocycles. The lowest BCUT2D eigenvalue weighted by molar-refractivity contribution is -0.152. The van der Waals surface area contributed by atoms with Crippen molar-refractivity contribution in [3.05, 3.63) is 49.6 Å². The number of carbonyl (C=O) groups excluding carboxylic acids is 6. The van der Waals surface area contributed by atoms with Crippen LogP contribution in [0.4, 0.5) is 0 Å². The van der Waals surface area contributed by atoms with Gasteiger partial charge in [0.25, 0.3) is 0 Å². The summed E-state index contributed by atoms with van der Waals surface area (Å²) in [5, 5.41) is 11.2. The van der Waals surface area contributed by atoms with E-state index in [9.17, 15) is 37.9 Å². The molecule has 678 valence electrons. The summed E-state index contributed by atoms with van der Waals surface area (Å²) in [5.74, 6) is -2.62. The number of phosphoric acid groups is 2. The number of rotatable bonds is 89. The minimum atomic E-state index is -4.40. The quantitative estimate of drug-likeness (QED) is 0.0144. The van der Waals surface area contributed by atoms with Crippen LogP contribution in [0.1, 0.15) is 337 Å². The highest BCUT2D eigenvalue weighted by atomic mass is 31.2. The molecule has 26 nitrogen and oxygen atoms in total. The van der Waals surface area contributed by atoms with E-state index in [-0.39, 0.29) is 155 Å². The van der Waals surface area contributed by atoms with Gasteiger partial charge in [-0.25, -0.2) is 9.13 Å². The number of methoxy groups -OCH3 is 2. The summed E-state index contributed by atoms with van der Waals surface area (Å²) in [6.07, 6.45) is 48.4. The van der Waals surface area contributed by atoms with Crippen molar-refractivity contribution in [1.82, 2.24) is 21.3 Å². The van der Waals surface area contributed by atoms with Crippen LogP contribution in [-0.4, -0.2) is 179 Å². The Kier molecular flexibility index (Phi) is 78.8. The van der Waals surface area contributed by atoms with Gasteiger partial charge in [-0.05, 0) is 103 Å². The Bertz CT molecular complexity index is 2390. The lowest BCUT2D eigenvalue weighted by Gasteiger charge is -2.24. The predicted molar refractivity (Wildman–Crippen MR) is 461 cm³/mol. The molecular formula is C88H164N4O22P2. The van der Waals surface area contributed by atoms with Crippen LogP contribution in [0.3, 0.4) is 0 Å². The van der Waals surface area contributed by atoms with Crippen LogP contribution in [0, 0.1) is 0 Å². The number of ether oxygens (including phenoxy) is 8. The molecule has 0 rings (SSSR count). The molecule has 4 unspecified atom stereocenters. The van der Waals surface area contributed by atoms with Crippen molar-refractivity contribution in [3.8, 4) is 0 Å². The van der Waals surface area contributed by atoms with E-state index >= 15 is 0 Å². The van der Waals surface area contributed by atoms with E-state index in [2.05, 4.69) is 100 Å². The van der Waals surface area contributed by atoms with Crippen molar-refractivity contribution in [2.24, 2.45) is 0 Å². The summed E-state index contributed by atoms with van der Waals surface area (Å²) >= 11 is 0. The fourth-order valence-electron chi connectivity index (χ4n) is 12.4. The van der Waals surface area contributed by atoms with Crippen LogP contribution in [0.2, 0.25) is 0 Å². The fourth-order valence-corrected chi connectivity index (χ4v) is 14.8. The Hall–Kier alpha value is -4.24. The number of hydrogen-bond donors (Lipinski definition) is 4. The average molecular weight is 1690 g/mol. The monoisotopic (exact) mass is 1690 g/mol. The molecule has 0 aliphatic rings. The topological polar surface area (TPSA) is 314 Å². The van der Waals surface area contributed by atoms with E-state index in [1.165, 1.54) is 63.5 Å². The first-order chi connectivity index (χ1) is 56.4. The van der Waals surface area contributed by atoms with Crippen LogP contribution in [0.25, 0.3) is 0 Å². The van der Waals surface area contributed by atoms with Crippen molar-refractivity contribution >= 4 is 51.2 Å². The molecule has 8 atom stereocenters. The van der Waals surface area contributed by atoms with Gasteiger partial charge in [-0.15, -0.1) is 13.2 Å². The Morgan fingerprint density at radius 3 is 0.991 bits per heavy atom. The normalized spacial score (nSPS) is 14.3. The van der Waals surface area contributed by atoms with E-state index < -0.39 is 63.6 Å². The summed E-state index contributed by atoms with van der Waals surface area (Å²) in [6, 6.07) is -1.74. The third kappa shape index (κ3) is 71.5. The first-order valence-corrected chi connectivity index (χ1v) is 47.8. The highest BCUT2D eigenvalue weighted by molar-refractivity contribution is 7.48. The number of carbonyl (C=O) groups is 6. The Morgan fingerprint density at radius 2 is 0.664 bits per heavy atom. The summed E-state index contributed by atoms with van der Waals surface area (Å²) in [5.41, 5.74) is 0. The zero-order valence-electron chi connectivity index (χ0n) is 73.6. The predicted octanol–water partition coefficient (Wildman–Crippen LogP) is 19.9. The van der Waals surface area contributed by atoms with Crippen LogP contribution >= 0.6 is 15.6 Å². The zero-order valence-corrected chi connectivity index (χ0v) is 75.4. The van der Waals surface area contributed by atoms with E-state index in [0.29, 0.717) is 38.5 Å². The second kappa shape index (κ2) is 81.7. The fraction of sp³-hybridized carbons (Fsp3) is 0.841. The zero-order chi connectivity index (χ0) is 85.3. The van der Waals surface area contributed by atoms with Gasteiger partial charge in [0.15, 0.2) is 0 Å². The number of amides is 4. The summed E-state index contributed by atoms with van der Waals surface area (Å²) in [6.45, 7) is 18.8. The van der Waals surface area contributed by atoms with E-state index in [1.54, 1.807) is 14.2 Å². The van der Waals surface area contributed by atoms with Crippen LogP contribution in [0.5, 0.6) is 0 Å². The van der Waals surface area contributed by atoms with E-state index in [0.717, 1.165) is 167 Å². The third-order valence-corrected chi connectivity index (χ3v) is 22.0. The molecule has 116 heavy (non-hydrogen) atoms. The van der Waals surface area contributed by atoms with Crippen molar-refractivity contribution < 1.29 is 103 Å². The van der Waals surface area contributed by atoms with Gasteiger partial charge in [0.05, 0.1) is 90.0 Å². The van der Waals surface area contributed by atoms with Gasteiger partial charge in [-0.3, -0.25) is 55.9 Å². The molecule has 0 aromatic carbocycles. The lowest BCUT2D eigenvalue weighted by Crippen LogP contribution is -2.43. The van der Waals surface area contributed by atoms with Gasteiger partial charge in [0.2, 0.25) is 23.6 Å². The number of esters is 2. The molecule has 28 heteroatoms. The Balaban J connectivity index is 6.19. The highest BCUT2D eigenvalue weighted by Gasteiger charge is 2.32. The summed E-state index contributed by atoms with van der Waals surface area (Å²) in [7, 11) is -5.65. The minimum Gasteiger partial charge on any atom is -0.462 e. The molecular weight excluding hydrogens is 1530 g/mol. The second-order valence-electron chi connectivity index (χ2n) is 30.0. The minimum absolute atomic E-state index is 0.0565. The number of nitrogens with one attached hydrogen (secondary N) is 4. The molecule has 0 heterocycles. The molecule has 0 bridgehead atoms. The average Bonchev–Trinajstić information content (AvgIpc) is 0.871. The van der Waals surface area contributed by atoms with Gasteiger partial charge in [-0.2, -0.15) is 0 Å². The molecule has 0 saturated carbocycles. The molecule has 4 N–H and O–H groups in total. The Morgan fingerprint density at radius 1 is 0.345 bits per heavy atom. The first-order valence-electron chi connectivity index (χ1n) is 44.9. The number of phosphoric ester groups is 2. The van der Waals surface area contributed by atoms with Gasteiger partial charge in [0.1, 0.15) is 25.8 Å². The highest BCUT2D eigenvalue weighted by Crippen LogP contribution is 2.50. The maximum Gasteiger partial charge on any atom is 0.475 e. The van der Waals surface area contributed by atoms with Crippen LogP contribution < -0.4 is 21.3 Å². The Labute approximate surface area is 702 Å². The van der Waals surface area contributed by atoms with Crippen LogP contribution in [0.15, 0.2) is 49.6 Å². The summed E-state index contributed by atoms with van der Waals surface area (Å²) < 4.78 is 109. The van der Waals surface area contributed by atoms with E-state index in [1.807, 2.05) is 0 Å². The molecule has 0 aromatic heterocycles. The molecule has 0 radical (unpaired) electrons. The smallest absolute Gasteiger partial charge is 0.462 e. The maximum atomic E-state index is 14.2. The van der Waals surface area contributed by atoms with Gasteiger partial charge >= 0.3 is 27.6 Å². The lowest BCUT2D eigenvalue weighted by atomic mass is 10.1. The van der Waals surface area contributed by atoms with Crippen molar-refractivity contribution in [2.75, 3.05) is 107 Å². The molecule has 0 aromatic rings. The van der Waals surface area contributed by atoms with Crippen molar-refractivity contribution in [1.29, 1.82) is 0 Å². The largest absolute Gasteiger partial charge is 0.475 e. The van der Waals surface area contributed by atoms with Gasteiger partial charge < -0.3 is 59.2 Å². The maximum absolute atomic E-state index is 14.2. The standard InChI is InChI=1S/C88H164N4O22P2/c1-11-19-25-31-33-35-37-43-49-55-87(97)113-81(53-47-41-29-23-15-5)69-85(95)91-77(71-103-65-59-79(105-75-101-9)51-45-39-27-21-13-3)73-111-115(99,107-63-17-7)109-67-61-89-83(93)57-58-84(94)90-62-68-110-116(100,108-64-18-8)112-74-78(72-104-66-60-80(106-76-102-10)52-46-40-28-22-14-4)92-86(96)70-82(54-48-42-30-24-16-6)114-88(98)56-50-44-38-36-34-32-26-20-12-2/h17-18,35-38,77-82H,7-8,11-16,19-34,39-76H2,1-6,9-10H3,(H,89,93)(H,90,94)(H,91,95)(H,92,96)/t77?,78?,79-,80-,81-,82-,115?,116?/m1/s1.